The van der Waals surface area contributed by atoms with Crippen LogP contribution in [0.4, 0.5) is 5.69 Å². The number of hydrogen-bond acceptors (Lipinski definition) is 5. The molecule has 3 rings (SSSR count). The molecule has 182 valence electrons. The predicted molar refractivity (Wildman–Crippen MR) is 132 cm³/mol. The predicted octanol–water partition coefficient (Wildman–Crippen LogP) is 6.00. The summed E-state index contributed by atoms with van der Waals surface area (Å²) in [5.41, 5.74) is 1.28. The number of carboxylic acids is 1. The maximum absolute atomic E-state index is 13.7. The van der Waals surface area contributed by atoms with Crippen molar-refractivity contribution in [1.29, 1.82) is 0 Å². The molecular weight excluding hydrogens is 462 g/mol. The van der Waals surface area contributed by atoms with Crippen LogP contribution in [0.2, 0.25) is 5.02 Å². The molecule has 6 nitrogen and oxygen atoms in total. The van der Waals surface area contributed by atoms with E-state index in [0.717, 1.165) is 44.2 Å². The Labute approximate surface area is 202 Å². The number of sulfone groups is 1. The monoisotopic (exact) mass is 495 g/mol. The average Bonchev–Trinajstić information content (AvgIpc) is 2.85. The Hall–Kier alpha value is -1.99. The molecule has 1 aromatic rings. The number of hydrogen-bond donors (Lipinski definition) is 1. The lowest BCUT2D eigenvalue weighted by Crippen LogP contribution is -2.39. The number of carbonyl (C=O) groups is 1. The summed E-state index contributed by atoms with van der Waals surface area (Å²) in [6, 6.07) is 3.16. The Morgan fingerprint density at radius 2 is 2.09 bits per heavy atom. The molecule has 0 unspecified atom stereocenters. The molecule has 0 bridgehead atoms. The first-order valence-corrected chi connectivity index (χ1v) is 13.7. The number of ether oxygens (including phenoxy) is 1. The van der Waals surface area contributed by atoms with Gasteiger partial charge in [0.05, 0.1) is 27.8 Å². The van der Waals surface area contributed by atoms with Crippen LogP contribution in [0.5, 0.6) is 5.75 Å². The van der Waals surface area contributed by atoms with Crippen molar-refractivity contribution in [3.63, 3.8) is 0 Å². The summed E-state index contributed by atoms with van der Waals surface area (Å²) in [6.07, 6.45) is 10.6. The Kier molecular flexibility index (Phi) is 8.17. The van der Waals surface area contributed by atoms with Crippen LogP contribution in [0.1, 0.15) is 65.7 Å². The third kappa shape index (κ3) is 5.93. The normalized spacial score (nSPS) is 22.8. The van der Waals surface area contributed by atoms with E-state index in [-0.39, 0.29) is 33.3 Å². The van der Waals surface area contributed by atoms with Crippen molar-refractivity contribution < 1.29 is 23.1 Å². The number of anilines is 1. The lowest BCUT2D eigenvalue weighted by atomic mass is 9.81. The summed E-state index contributed by atoms with van der Waals surface area (Å²) in [4.78, 5) is 13.4. The van der Waals surface area contributed by atoms with Gasteiger partial charge in [-0.2, -0.15) is 0 Å². The summed E-state index contributed by atoms with van der Waals surface area (Å²) in [5, 5.41) is 9.32. The van der Waals surface area contributed by atoms with Crippen LogP contribution in [-0.4, -0.2) is 37.9 Å². The molecule has 0 spiro atoms. The molecule has 1 aliphatic heterocycles. The summed E-state index contributed by atoms with van der Waals surface area (Å²) in [5.74, 6) is -0.731. The molecule has 0 saturated heterocycles. The molecule has 0 saturated carbocycles. The van der Waals surface area contributed by atoms with Gasteiger partial charge in [-0.25, -0.2) is 8.42 Å². The number of nitrogens with zero attached hydrogens (tertiary/aromatic N) is 1. The number of rotatable bonds is 9. The van der Waals surface area contributed by atoms with E-state index in [9.17, 15) is 13.2 Å². The second-order valence-corrected chi connectivity index (χ2v) is 11.6. The van der Waals surface area contributed by atoms with Gasteiger partial charge in [-0.3, -0.25) is 4.79 Å². The van der Waals surface area contributed by atoms with Crippen LogP contribution in [-0.2, 0) is 14.6 Å². The van der Waals surface area contributed by atoms with Gasteiger partial charge in [0.25, 0.3) is 0 Å². The van der Waals surface area contributed by atoms with E-state index in [1.165, 1.54) is 6.07 Å². The lowest BCUT2D eigenvalue weighted by molar-refractivity contribution is -0.138. The summed E-state index contributed by atoms with van der Waals surface area (Å²) in [7, 11) is -3.64. The number of benzene rings is 1. The van der Waals surface area contributed by atoms with Gasteiger partial charge in [0, 0.05) is 23.7 Å². The van der Waals surface area contributed by atoms with E-state index >= 15 is 0 Å². The molecular formula is C25H34ClNO5S. The van der Waals surface area contributed by atoms with Gasteiger partial charge in [0.1, 0.15) is 11.9 Å². The molecule has 8 heteroatoms. The van der Waals surface area contributed by atoms with Crippen LogP contribution >= 0.6 is 11.6 Å². The van der Waals surface area contributed by atoms with E-state index in [1.807, 2.05) is 6.08 Å². The minimum Gasteiger partial charge on any atom is -0.489 e. The number of fused-ring (bicyclic) bond motifs is 1. The maximum Gasteiger partial charge on any atom is 0.307 e. The molecule has 0 radical (unpaired) electrons. The number of aliphatic carboxylic acids is 1. The number of unbranched alkanes of at least 4 members (excludes halogenated alkanes) is 1. The Morgan fingerprint density at radius 3 is 2.70 bits per heavy atom. The maximum atomic E-state index is 13.7. The van der Waals surface area contributed by atoms with Gasteiger partial charge < -0.3 is 14.7 Å². The van der Waals surface area contributed by atoms with Crippen molar-refractivity contribution >= 4 is 33.1 Å². The highest BCUT2D eigenvalue weighted by molar-refractivity contribution is 7.91. The summed E-state index contributed by atoms with van der Waals surface area (Å²) >= 11 is 6.55. The minimum atomic E-state index is -3.64. The number of carboxylic acid groups (broad SMARTS) is 1. The lowest BCUT2D eigenvalue weighted by Gasteiger charge is -2.38. The van der Waals surface area contributed by atoms with Gasteiger partial charge in [0.2, 0.25) is 0 Å². The molecule has 1 aromatic carbocycles. The van der Waals surface area contributed by atoms with Gasteiger partial charge in [-0.15, -0.1) is 0 Å². The van der Waals surface area contributed by atoms with Crippen LogP contribution < -0.4 is 9.64 Å². The molecule has 0 aromatic heterocycles. The standard InChI is InChI=1S/C25H34ClNO5S/c1-4-6-12-25(5-2)16-27(19-10-8-7-9-11-19)21-14-20(26)22(32-18(3)13-24(28)29)15-23(21)33(30,31)17-25/h7-8,10,14-15,18H,4-6,9,11-13,16-17H2,1-3H3,(H,28,29)/t18-,25-/m1/s1. The van der Waals surface area contributed by atoms with Crippen LogP contribution in [0.3, 0.4) is 0 Å². The van der Waals surface area contributed by atoms with Crippen molar-refractivity contribution in [2.45, 2.75) is 76.7 Å². The van der Waals surface area contributed by atoms with E-state index in [1.54, 1.807) is 13.0 Å². The highest BCUT2D eigenvalue weighted by atomic mass is 35.5. The van der Waals surface area contributed by atoms with Gasteiger partial charge in [-0.05, 0) is 44.7 Å². The van der Waals surface area contributed by atoms with E-state index in [0.29, 0.717) is 12.2 Å². The first kappa shape index (κ1) is 25.6. The van der Waals surface area contributed by atoms with Crippen molar-refractivity contribution in [3.05, 3.63) is 41.1 Å². The molecule has 2 atom stereocenters. The van der Waals surface area contributed by atoms with Crippen molar-refractivity contribution in [2.24, 2.45) is 5.41 Å². The molecule has 0 fully saturated rings. The second-order valence-electron chi connectivity index (χ2n) is 9.20. The largest absolute Gasteiger partial charge is 0.489 e. The fraction of sp³-hybridized carbons (Fsp3) is 0.560. The van der Waals surface area contributed by atoms with Gasteiger partial charge >= 0.3 is 5.97 Å². The Morgan fingerprint density at radius 1 is 1.33 bits per heavy atom. The van der Waals surface area contributed by atoms with Crippen LogP contribution in [0, 0.1) is 5.41 Å². The molecule has 0 amide bonds. The van der Waals surface area contributed by atoms with Gasteiger partial charge in [0.15, 0.2) is 9.84 Å². The SMILES string of the molecule is CCCC[C@]1(CC)CN(C2=CC=CCC2)c2cc(Cl)c(O[C@H](C)CC(=O)O)cc2S(=O)(=O)C1. The Bertz CT molecular complexity index is 1050. The molecule has 1 heterocycles. The third-order valence-electron chi connectivity index (χ3n) is 6.57. The highest BCUT2D eigenvalue weighted by Gasteiger charge is 2.42. The minimum absolute atomic E-state index is 0.0644. The first-order chi connectivity index (χ1) is 15.6. The first-order valence-electron chi connectivity index (χ1n) is 11.7. The van der Waals surface area contributed by atoms with Gasteiger partial charge in [-0.1, -0.05) is 50.4 Å². The fourth-order valence-electron chi connectivity index (χ4n) is 4.69. The zero-order valence-corrected chi connectivity index (χ0v) is 21.2. The molecule has 33 heavy (non-hydrogen) atoms. The summed E-state index contributed by atoms with van der Waals surface area (Å²) in [6.45, 7) is 6.44. The molecule has 2 aliphatic rings. The van der Waals surface area contributed by atoms with Crippen molar-refractivity contribution in [1.82, 2.24) is 0 Å². The third-order valence-corrected chi connectivity index (χ3v) is 8.85. The van der Waals surface area contributed by atoms with E-state index in [2.05, 4.69) is 30.9 Å². The quantitative estimate of drug-likeness (QED) is 0.452. The van der Waals surface area contributed by atoms with Crippen LogP contribution in [0.25, 0.3) is 0 Å². The zero-order valence-electron chi connectivity index (χ0n) is 19.6. The van der Waals surface area contributed by atoms with E-state index < -0.39 is 21.9 Å². The summed E-state index contributed by atoms with van der Waals surface area (Å²) < 4.78 is 33.2. The zero-order chi connectivity index (χ0) is 24.2. The average molecular weight is 496 g/mol. The van der Waals surface area contributed by atoms with Crippen molar-refractivity contribution in [2.75, 3.05) is 17.2 Å². The highest BCUT2D eigenvalue weighted by Crippen LogP contribution is 2.46. The topological polar surface area (TPSA) is 83.9 Å². The molecule has 1 aliphatic carbocycles. The van der Waals surface area contributed by atoms with E-state index in [4.69, 9.17) is 21.4 Å². The van der Waals surface area contributed by atoms with Crippen molar-refractivity contribution in [3.8, 4) is 5.75 Å². The van der Waals surface area contributed by atoms with Crippen LogP contribution in [0.15, 0.2) is 41.0 Å². The molecule has 1 N–H and O–H groups in total. The second kappa shape index (κ2) is 10.5. The number of allylic oxidation sites excluding steroid dienone is 4. The smallest absolute Gasteiger partial charge is 0.307 e. The fourth-order valence-corrected chi connectivity index (χ4v) is 7.07. The number of halogens is 1. The Balaban J connectivity index is 2.14.